The number of hydrogen-bond donors (Lipinski definition) is 1. The smallest absolute Gasteiger partial charge is 0.0645 e. The van der Waals surface area contributed by atoms with E-state index in [1.165, 1.54) is 25.7 Å². The number of hydrogen-bond acceptors (Lipinski definition) is 3. The zero-order valence-electron chi connectivity index (χ0n) is 11.7. The zero-order chi connectivity index (χ0) is 12.3. The molecule has 2 fully saturated rings. The van der Waals surface area contributed by atoms with E-state index in [0.29, 0.717) is 12.1 Å². The van der Waals surface area contributed by atoms with Crippen LogP contribution in [0.2, 0.25) is 0 Å². The maximum atomic E-state index is 5.64. The van der Waals surface area contributed by atoms with E-state index in [0.717, 1.165) is 26.3 Å². The van der Waals surface area contributed by atoms with Crippen LogP contribution in [0.1, 0.15) is 46.5 Å². The van der Waals surface area contributed by atoms with Crippen LogP contribution in [-0.2, 0) is 4.74 Å². The van der Waals surface area contributed by atoms with Gasteiger partial charge in [0.05, 0.1) is 13.2 Å². The van der Waals surface area contributed by atoms with Crippen molar-refractivity contribution in [3.63, 3.8) is 0 Å². The Morgan fingerprint density at radius 2 is 2.06 bits per heavy atom. The van der Waals surface area contributed by atoms with Crippen LogP contribution in [0, 0.1) is 0 Å². The largest absolute Gasteiger partial charge is 0.378 e. The summed E-state index contributed by atoms with van der Waals surface area (Å²) >= 11 is 0. The Morgan fingerprint density at radius 3 is 2.76 bits per heavy atom. The van der Waals surface area contributed by atoms with Crippen LogP contribution < -0.4 is 5.32 Å². The van der Waals surface area contributed by atoms with E-state index in [9.17, 15) is 0 Å². The van der Waals surface area contributed by atoms with Gasteiger partial charge in [-0.1, -0.05) is 19.8 Å². The predicted octanol–water partition coefficient (Wildman–Crippen LogP) is 2.02. The lowest BCUT2D eigenvalue weighted by molar-refractivity contribution is -0.0840. The lowest BCUT2D eigenvalue weighted by Crippen LogP contribution is -2.62. The average molecular weight is 240 g/mol. The van der Waals surface area contributed by atoms with Gasteiger partial charge in [-0.05, 0) is 33.2 Å². The van der Waals surface area contributed by atoms with E-state index in [1.54, 1.807) is 0 Å². The van der Waals surface area contributed by atoms with Crippen molar-refractivity contribution in [2.24, 2.45) is 0 Å². The van der Waals surface area contributed by atoms with Gasteiger partial charge in [0.1, 0.15) is 0 Å². The minimum Gasteiger partial charge on any atom is -0.378 e. The minimum absolute atomic E-state index is 0.202. The lowest BCUT2D eigenvalue weighted by atomic mass is 9.86. The van der Waals surface area contributed by atoms with Crippen LogP contribution in [-0.4, -0.2) is 48.8 Å². The van der Waals surface area contributed by atoms with Gasteiger partial charge in [-0.25, -0.2) is 0 Å². The molecule has 1 saturated carbocycles. The molecule has 1 saturated heterocycles. The molecule has 0 spiro atoms. The first-order chi connectivity index (χ1) is 8.15. The van der Waals surface area contributed by atoms with Gasteiger partial charge < -0.3 is 10.1 Å². The summed E-state index contributed by atoms with van der Waals surface area (Å²) in [5.41, 5.74) is 0.202. The van der Waals surface area contributed by atoms with Crippen molar-refractivity contribution in [3.05, 3.63) is 0 Å². The summed E-state index contributed by atoms with van der Waals surface area (Å²) < 4.78 is 5.64. The highest BCUT2D eigenvalue weighted by Gasteiger charge is 2.39. The Labute approximate surface area is 106 Å². The molecule has 0 aromatic carbocycles. The van der Waals surface area contributed by atoms with E-state index >= 15 is 0 Å². The molecule has 2 atom stereocenters. The topological polar surface area (TPSA) is 24.5 Å². The molecule has 1 aliphatic heterocycles. The Morgan fingerprint density at radius 1 is 1.29 bits per heavy atom. The normalized spacial score (nSPS) is 34.8. The average Bonchev–Trinajstić information content (AvgIpc) is 2.30. The lowest BCUT2D eigenvalue weighted by Gasteiger charge is -2.50. The van der Waals surface area contributed by atoms with E-state index in [4.69, 9.17) is 4.74 Å². The van der Waals surface area contributed by atoms with Crippen LogP contribution in [0.3, 0.4) is 0 Å². The first kappa shape index (κ1) is 13.3. The fraction of sp³-hybridized carbons (Fsp3) is 1.00. The molecule has 3 nitrogen and oxygen atoms in total. The molecule has 2 aliphatic rings. The highest BCUT2D eigenvalue weighted by atomic mass is 16.5. The summed E-state index contributed by atoms with van der Waals surface area (Å²) in [6, 6.07) is 1.40. The Balaban J connectivity index is 2.06. The second kappa shape index (κ2) is 5.68. The van der Waals surface area contributed by atoms with Crippen molar-refractivity contribution in [2.45, 2.75) is 64.1 Å². The van der Waals surface area contributed by atoms with Crippen LogP contribution in [0.25, 0.3) is 0 Å². The van der Waals surface area contributed by atoms with Crippen molar-refractivity contribution >= 4 is 0 Å². The summed E-state index contributed by atoms with van der Waals surface area (Å²) in [4.78, 5) is 2.70. The van der Waals surface area contributed by atoms with Crippen molar-refractivity contribution in [1.82, 2.24) is 10.2 Å². The van der Waals surface area contributed by atoms with Crippen LogP contribution in [0.5, 0.6) is 0 Å². The van der Waals surface area contributed by atoms with Crippen molar-refractivity contribution < 1.29 is 4.74 Å². The van der Waals surface area contributed by atoms with Gasteiger partial charge in [0, 0.05) is 24.2 Å². The molecule has 0 aromatic rings. The summed E-state index contributed by atoms with van der Waals surface area (Å²) in [5.74, 6) is 0. The van der Waals surface area contributed by atoms with Gasteiger partial charge in [-0.15, -0.1) is 0 Å². The van der Waals surface area contributed by atoms with E-state index in [2.05, 4.69) is 31.0 Å². The maximum Gasteiger partial charge on any atom is 0.0645 e. The van der Waals surface area contributed by atoms with E-state index in [-0.39, 0.29) is 5.54 Å². The monoisotopic (exact) mass is 240 g/mol. The fourth-order valence-electron chi connectivity index (χ4n) is 3.47. The fourth-order valence-corrected chi connectivity index (χ4v) is 3.47. The maximum absolute atomic E-state index is 5.64. The third kappa shape index (κ3) is 3.01. The van der Waals surface area contributed by atoms with Crippen LogP contribution >= 0.6 is 0 Å². The first-order valence-corrected chi connectivity index (χ1v) is 7.23. The van der Waals surface area contributed by atoms with Crippen LogP contribution in [0.15, 0.2) is 0 Å². The molecule has 3 heteroatoms. The Hall–Kier alpha value is -0.120. The molecule has 0 radical (unpaired) electrons. The second-order valence-corrected chi connectivity index (χ2v) is 6.07. The van der Waals surface area contributed by atoms with Gasteiger partial charge >= 0.3 is 0 Å². The molecule has 2 rings (SSSR count). The summed E-state index contributed by atoms with van der Waals surface area (Å²) in [7, 11) is 0. The third-order valence-corrected chi connectivity index (χ3v) is 4.31. The molecule has 0 amide bonds. The Bertz CT molecular complexity index is 240. The molecule has 1 heterocycles. The first-order valence-electron chi connectivity index (χ1n) is 7.23. The van der Waals surface area contributed by atoms with Crippen LogP contribution in [0.4, 0.5) is 0 Å². The van der Waals surface area contributed by atoms with Gasteiger partial charge in [0.2, 0.25) is 0 Å². The van der Waals surface area contributed by atoms with Gasteiger partial charge in [-0.2, -0.15) is 0 Å². The van der Waals surface area contributed by atoms with Gasteiger partial charge in [0.25, 0.3) is 0 Å². The number of ether oxygens (including phenoxy) is 1. The highest BCUT2D eigenvalue weighted by Crippen LogP contribution is 2.30. The molecular formula is C14H28N2O. The number of nitrogens with one attached hydrogen (secondary N) is 1. The predicted molar refractivity (Wildman–Crippen MR) is 71.3 cm³/mol. The number of rotatable bonds is 3. The number of likely N-dealkylation sites (N-methyl/N-ethyl adjacent to an activating group) is 1. The summed E-state index contributed by atoms with van der Waals surface area (Å²) in [5, 5.41) is 3.69. The van der Waals surface area contributed by atoms with E-state index < -0.39 is 0 Å². The van der Waals surface area contributed by atoms with Crippen molar-refractivity contribution in [1.29, 1.82) is 0 Å². The summed E-state index contributed by atoms with van der Waals surface area (Å²) in [6.07, 6.45) is 5.46. The molecule has 0 aromatic heterocycles. The van der Waals surface area contributed by atoms with Gasteiger partial charge in [0.15, 0.2) is 0 Å². The third-order valence-electron chi connectivity index (χ3n) is 4.31. The second-order valence-electron chi connectivity index (χ2n) is 6.07. The van der Waals surface area contributed by atoms with E-state index in [1.807, 2.05) is 0 Å². The molecule has 2 unspecified atom stereocenters. The SMILES string of the molecule is CCNC1CCCCC1N1CCOCC1(C)C. The minimum atomic E-state index is 0.202. The molecule has 100 valence electrons. The standard InChI is InChI=1S/C14H28N2O/c1-4-15-12-7-5-6-8-13(12)16-9-10-17-11-14(16,2)3/h12-13,15H,4-11H2,1-3H3. The molecule has 1 N–H and O–H groups in total. The molecular weight excluding hydrogens is 212 g/mol. The molecule has 1 aliphatic carbocycles. The Kier molecular flexibility index (Phi) is 4.45. The summed E-state index contributed by atoms with van der Waals surface area (Å²) in [6.45, 7) is 10.8. The zero-order valence-corrected chi connectivity index (χ0v) is 11.7. The highest BCUT2D eigenvalue weighted by molar-refractivity contribution is 4.95. The number of morpholine rings is 1. The quantitative estimate of drug-likeness (QED) is 0.817. The van der Waals surface area contributed by atoms with Gasteiger partial charge in [-0.3, -0.25) is 4.90 Å². The molecule has 17 heavy (non-hydrogen) atoms. The van der Waals surface area contributed by atoms with Crippen molar-refractivity contribution in [3.8, 4) is 0 Å². The molecule has 0 bridgehead atoms. The van der Waals surface area contributed by atoms with Crippen molar-refractivity contribution in [2.75, 3.05) is 26.3 Å². The number of nitrogens with zero attached hydrogens (tertiary/aromatic N) is 1.